The van der Waals surface area contributed by atoms with Crippen molar-refractivity contribution in [3.8, 4) is 0 Å². The Morgan fingerprint density at radius 1 is 1.17 bits per heavy atom. The van der Waals surface area contributed by atoms with Gasteiger partial charge in [0.05, 0.1) is 6.54 Å². The molecule has 1 aromatic heterocycles. The minimum absolute atomic E-state index is 0.0971. The lowest BCUT2D eigenvalue weighted by Gasteiger charge is -2.33. The monoisotopic (exact) mass is 411 g/mol. The van der Waals surface area contributed by atoms with Gasteiger partial charge in [0.25, 0.3) is 5.91 Å². The Bertz CT molecular complexity index is 872. The maximum absolute atomic E-state index is 12.6. The summed E-state index contributed by atoms with van der Waals surface area (Å²) in [5.41, 5.74) is 1.52. The quantitative estimate of drug-likeness (QED) is 0.601. The number of amides is 2. The third kappa shape index (κ3) is 5.79. The van der Waals surface area contributed by atoms with Crippen molar-refractivity contribution in [1.82, 2.24) is 14.9 Å². The van der Waals surface area contributed by atoms with E-state index in [2.05, 4.69) is 4.98 Å². The molecule has 2 heterocycles. The van der Waals surface area contributed by atoms with E-state index < -0.39 is 11.5 Å². The number of ether oxygens (including phenoxy) is 1. The normalized spacial score (nSPS) is 15.0. The molecule has 160 valence electrons. The van der Waals surface area contributed by atoms with Gasteiger partial charge >= 0.3 is 6.09 Å². The summed E-state index contributed by atoms with van der Waals surface area (Å²) in [6.07, 6.45) is 2.87. The van der Waals surface area contributed by atoms with Gasteiger partial charge in [-0.05, 0) is 62.8 Å². The molecular formula is C23H29N3O4. The number of rotatable bonds is 4. The van der Waals surface area contributed by atoms with E-state index >= 15 is 0 Å². The molecule has 7 nitrogen and oxygen atoms in total. The molecule has 7 heteroatoms. The van der Waals surface area contributed by atoms with Crippen molar-refractivity contribution in [3.63, 3.8) is 0 Å². The minimum Gasteiger partial charge on any atom is -0.444 e. The minimum atomic E-state index is -0.535. The summed E-state index contributed by atoms with van der Waals surface area (Å²) in [5, 5.41) is 10.9. The molecule has 2 amide bonds. The van der Waals surface area contributed by atoms with Crippen LogP contribution in [0.25, 0.3) is 0 Å². The van der Waals surface area contributed by atoms with Crippen LogP contribution >= 0.6 is 0 Å². The molecule has 3 rings (SSSR count). The molecule has 1 aliphatic rings. The van der Waals surface area contributed by atoms with Crippen molar-refractivity contribution in [3.05, 3.63) is 65.5 Å². The number of hydrogen-bond donors (Lipinski definition) is 1. The van der Waals surface area contributed by atoms with Crippen molar-refractivity contribution < 1.29 is 19.5 Å². The summed E-state index contributed by atoms with van der Waals surface area (Å²) >= 11 is 0. The zero-order valence-corrected chi connectivity index (χ0v) is 17.7. The number of hydroxylamine groups is 2. The predicted octanol–water partition coefficient (Wildman–Crippen LogP) is 4.23. The molecule has 0 spiro atoms. The average Bonchev–Trinajstić information content (AvgIpc) is 2.73. The summed E-state index contributed by atoms with van der Waals surface area (Å²) in [5.74, 6) is -0.314. The maximum atomic E-state index is 12.6. The molecule has 1 aromatic carbocycles. The van der Waals surface area contributed by atoms with Crippen LogP contribution < -0.4 is 0 Å². The van der Waals surface area contributed by atoms with Crippen LogP contribution in [0.4, 0.5) is 4.79 Å². The molecule has 0 saturated carbocycles. The Morgan fingerprint density at radius 3 is 2.47 bits per heavy atom. The first kappa shape index (κ1) is 21.8. The first-order chi connectivity index (χ1) is 14.2. The van der Waals surface area contributed by atoms with E-state index in [-0.39, 0.29) is 24.2 Å². The molecule has 1 saturated heterocycles. The Kier molecular flexibility index (Phi) is 6.72. The Labute approximate surface area is 177 Å². The van der Waals surface area contributed by atoms with E-state index in [4.69, 9.17) is 4.74 Å². The molecular weight excluding hydrogens is 382 g/mol. The lowest BCUT2D eigenvalue weighted by molar-refractivity contribution is -0.0652. The Balaban J connectivity index is 1.60. The predicted molar refractivity (Wildman–Crippen MR) is 112 cm³/mol. The van der Waals surface area contributed by atoms with Gasteiger partial charge in [0.1, 0.15) is 11.3 Å². The number of piperidine rings is 1. The van der Waals surface area contributed by atoms with Gasteiger partial charge in [-0.15, -0.1) is 0 Å². The van der Waals surface area contributed by atoms with Crippen molar-refractivity contribution >= 4 is 12.0 Å². The number of carbonyl (C=O) groups is 2. The van der Waals surface area contributed by atoms with Crippen LogP contribution in [0.5, 0.6) is 0 Å². The Hall–Kier alpha value is -2.93. The topological polar surface area (TPSA) is 83.0 Å². The molecule has 0 bridgehead atoms. The van der Waals surface area contributed by atoms with Gasteiger partial charge < -0.3 is 9.64 Å². The highest BCUT2D eigenvalue weighted by Gasteiger charge is 2.28. The van der Waals surface area contributed by atoms with Crippen LogP contribution in [0.15, 0.2) is 48.7 Å². The van der Waals surface area contributed by atoms with Crippen LogP contribution in [0.1, 0.15) is 61.1 Å². The van der Waals surface area contributed by atoms with Crippen molar-refractivity contribution in [2.75, 3.05) is 13.1 Å². The second-order valence-corrected chi connectivity index (χ2v) is 8.56. The number of likely N-dealkylation sites (tertiary alicyclic amines) is 1. The van der Waals surface area contributed by atoms with Crippen LogP contribution in [0.3, 0.4) is 0 Å². The molecule has 2 aromatic rings. The summed E-state index contributed by atoms with van der Waals surface area (Å²) in [7, 11) is 0. The first-order valence-corrected chi connectivity index (χ1v) is 10.2. The fourth-order valence-electron chi connectivity index (χ4n) is 3.50. The zero-order valence-electron chi connectivity index (χ0n) is 17.7. The van der Waals surface area contributed by atoms with E-state index in [0.29, 0.717) is 18.2 Å². The highest BCUT2D eigenvalue weighted by molar-refractivity contribution is 5.91. The van der Waals surface area contributed by atoms with Gasteiger partial charge in [-0.2, -0.15) is 0 Å². The van der Waals surface area contributed by atoms with Crippen LogP contribution in [0.2, 0.25) is 0 Å². The molecule has 30 heavy (non-hydrogen) atoms. The molecule has 0 unspecified atom stereocenters. The fourth-order valence-corrected chi connectivity index (χ4v) is 3.50. The summed E-state index contributed by atoms with van der Waals surface area (Å²) in [6.45, 7) is 6.87. The van der Waals surface area contributed by atoms with Gasteiger partial charge in [-0.1, -0.05) is 30.3 Å². The summed E-state index contributed by atoms with van der Waals surface area (Å²) in [6, 6.07) is 12.9. The van der Waals surface area contributed by atoms with Gasteiger partial charge in [0.15, 0.2) is 0 Å². The molecule has 0 atom stereocenters. The van der Waals surface area contributed by atoms with Gasteiger partial charge in [-0.3, -0.25) is 15.0 Å². The zero-order chi connectivity index (χ0) is 21.7. The van der Waals surface area contributed by atoms with E-state index in [9.17, 15) is 14.8 Å². The maximum Gasteiger partial charge on any atom is 0.410 e. The molecule has 1 aliphatic heterocycles. The van der Waals surface area contributed by atoms with Gasteiger partial charge in [0.2, 0.25) is 0 Å². The second-order valence-electron chi connectivity index (χ2n) is 8.56. The van der Waals surface area contributed by atoms with Crippen LogP contribution in [-0.2, 0) is 11.3 Å². The Morgan fingerprint density at radius 2 is 1.83 bits per heavy atom. The third-order valence-corrected chi connectivity index (χ3v) is 5.03. The average molecular weight is 412 g/mol. The smallest absolute Gasteiger partial charge is 0.410 e. The van der Waals surface area contributed by atoms with Crippen molar-refractivity contribution in [1.29, 1.82) is 0 Å². The summed E-state index contributed by atoms with van der Waals surface area (Å²) < 4.78 is 5.44. The van der Waals surface area contributed by atoms with E-state index in [1.165, 1.54) is 0 Å². The molecule has 1 N–H and O–H groups in total. The van der Waals surface area contributed by atoms with E-state index in [1.807, 2.05) is 57.2 Å². The number of carbonyl (C=O) groups excluding carboxylic acids is 2. The van der Waals surface area contributed by atoms with Gasteiger partial charge in [0, 0.05) is 19.3 Å². The highest BCUT2D eigenvalue weighted by atomic mass is 16.6. The fraction of sp³-hybridized carbons (Fsp3) is 0.435. The largest absolute Gasteiger partial charge is 0.444 e. The van der Waals surface area contributed by atoms with Crippen LogP contribution in [-0.4, -0.2) is 50.8 Å². The highest BCUT2D eigenvalue weighted by Crippen LogP contribution is 2.29. The molecule has 1 fully saturated rings. The number of aromatic nitrogens is 1. The van der Waals surface area contributed by atoms with Crippen molar-refractivity contribution in [2.24, 2.45) is 0 Å². The lowest BCUT2D eigenvalue weighted by atomic mass is 9.89. The van der Waals surface area contributed by atoms with Crippen LogP contribution in [0, 0.1) is 0 Å². The van der Waals surface area contributed by atoms with E-state index in [1.54, 1.807) is 17.2 Å². The number of pyridine rings is 1. The van der Waals surface area contributed by atoms with Crippen molar-refractivity contribution in [2.45, 2.75) is 51.7 Å². The summed E-state index contributed by atoms with van der Waals surface area (Å²) in [4.78, 5) is 30.7. The standard InChI is InChI=1S/C23H29N3O4/c1-23(2,3)30-22(28)25-13-10-18(11-14-25)19-9-12-24-20(15-19)21(27)26(29)16-17-7-5-4-6-8-17/h4-9,12,15,18,29H,10-11,13-14,16H2,1-3H3. The number of benzene rings is 1. The lowest BCUT2D eigenvalue weighted by Crippen LogP contribution is -2.41. The third-order valence-electron chi connectivity index (χ3n) is 5.03. The first-order valence-electron chi connectivity index (χ1n) is 10.2. The SMILES string of the molecule is CC(C)(C)OC(=O)N1CCC(c2ccnc(C(=O)N(O)Cc3ccccc3)c2)CC1. The number of hydrogen-bond acceptors (Lipinski definition) is 5. The van der Waals surface area contributed by atoms with Gasteiger partial charge in [-0.25, -0.2) is 9.86 Å². The second kappa shape index (κ2) is 9.26. The molecule has 0 aliphatic carbocycles. The van der Waals surface area contributed by atoms with E-state index in [0.717, 1.165) is 24.0 Å². The molecule has 0 radical (unpaired) electrons. The number of nitrogens with zero attached hydrogens (tertiary/aromatic N) is 3.